The molecule has 2 aromatic rings. The first-order chi connectivity index (χ1) is 10.1. The van der Waals surface area contributed by atoms with E-state index in [1.165, 1.54) is 11.1 Å². The van der Waals surface area contributed by atoms with E-state index >= 15 is 0 Å². The quantitative estimate of drug-likeness (QED) is 0.868. The maximum Gasteiger partial charge on any atom is 0.0917 e. The molecule has 0 saturated carbocycles. The Kier molecular flexibility index (Phi) is 5.54. The van der Waals surface area contributed by atoms with Crippen LogP contribution in [-0.2, 0) is 6.54 Å². The van der Waals surface area contributed by atoms with Crippen LogP contribution in [-0.4, -0.2) is 22.6 Å². The molecule has 0 amide bonds. The van der Waals surface area contributed by atoms with E-state index in [1.807, 2.05) is 30.3 Å². The molecule has 1 atom stereocenters. The van der Waals surface area contributed by atoms with Crippen molar-refractivity contribution in [2.45, 2.75) is 39.5 Å². The third kappa shape index (κ3) is 4.69. The Bertz CT molecular complexity index is 551. The van der Waals surface area contributed by atoms with Crippen molar-refractivity contribution >= 4 is 0 Å². The van der Waals surface area contributed by atoms with E-state index in [9.17, 15) is 5.11 Å². The van der Waals surface area contributed by atoms with Gasteiger partial charge in [-0.05, 0) is 31.9 Å². The summed E-state index contributed by atoms with van der Waals surface area (Å²) in [6, 6.07) is 18.8. The second-order valence-electron chi connectivity index (χ2n) is 5.94. The second-order valence-corrected chi connectivity index (χ2v) is 5.94. The molecular formula is C19H25NO. The zero-order valence-corrected chi connectivity index (χ0v) is 13.2. The molecule has 0 saturated heterocycles. The van der Waals surface area contributed by atoms with Crippen LogP contribution in [0.3, 0.4) is 0 Å². The molecule has 0 heterocycles. The fraction of sp³-hybridized carbons (Fsp3) is 0.368. The minimum atomic E-state index is -0.446. The molecule has 0 aliphatic carbocycles. The maximum atomic E-state index is 10.4. The molecule has 0 fully saturated rings. The zero-order valence-electron chi connectivity index (χ0n) is 13.2. The van der Waals surface area contributed by atoms with Gasteiger partial charge in [0.25, 0.3) is 0 Å². The van der Waals surface area contributed by atoms with Crippen molar-refractivity contribution in [2.24, 2.45) is 0 Å². The molecule has 0 aliphatic heterocycles. The summed E-state index contributed by atoms with van der Waals surface area (Å²) in [5.74, 6) is 0. The zero-order chi connectivity index (χ0) is 15.2. The van der Waals surface area contributed by atoms with Crippen molar-refractivity contribution in [2.75, 3.05) is 6.54 Å². The van der Waals surface area contributed by atoms with Crippen LogP contribution in [0.1, 0.15) is 36.6 Å². The van der Waals surface area contributed by atoms with Gasteiger partial charge in [-0.1, -0.05) is 60.2 Å². The lowest BCUT2D eigenvalue weighted by Gasteiger charge is -2.29. The predicted octanol–water partition coefficient (Wildman–Crippen LogP) is 3.94. The predicted molar refractivity (Wildman–Crippen MR) is 88.1 cm³/mol. The average Bonchev–Trinajstić information content (AvgIpc) is 2.47. The highest BCUT2D eigenvalue weighted by Gasteiger charge is 2.16. The Morgan fingerprint density at radius 1 is 1.00 bits per heavy atom. The van der Waals surface area contributed by atoms with Crippen molar-refractivity contribution in [1.82, 2.24) is 4.90 Å². The molecule has 21 heavy (non-hydrogen) atoms. The topological polar surface area (TPSA) is 23.5 Å². The molecule has 2 rings (SSSR count). The van der Waals surface area contributed by atoms with Crippen LogP contribution in [0.5, 0.6) is 0 Å². The van der Waals surface area contributed by atoms with Crippen LogP contribution in [0.2, 0.25) is 0 Å². The number of aliphatic hydroxyl groups excluding tert-OH is 1. The first-order valence-corrected chi connectivity index (χ1v) is 7.59. The smallest absolute Gasteiger partial charge is 0.0917 e. The van der Waals surface area contributed by atoms with Crippen molar-refractivity contribution in [3.05, 3.63) is 71.3 Å². The Morgan fingerprint density at radius 2 is 1.71 bits per heavy atom. The maximum absolute atomic E-state index is 10.4. The summed E-state index contributed by atoms with van der Waals surface area (Å²) in [5.41, 5.74) is 3.55. The molecule has 0 spiro atoms. The van der Waals surface area contributed by atoms with E-state index in [2.05, 4.69) is 49.9 Å². The minimum Gasteiger partial charge on any atom is -0.387 e. The first kappa shape index (κ1) is 15.7. The van der Waals surface area contributed by atoms with E-state index < -0.39 is 6.10 Å². The van der Waals surface area contributed by atoms with Crippen LogP contribution >= 0.6 is 0 Å². The van der Waals surface area contributed by atoms with Gasteiger partial charge in [0.2, 0.25) is 0 Å². The third-order valence-electron chi connectivity index (χ3n) is 3.79. The summed E-state index contributed by atoms with van der Waals surface area (Å²) in [4.78, 5) is 2.31. The van der Waals surface area contributed by atoms with Crippen LogP contribution in [0.15, 0.2) is 54.6 Å². The summed E-state index contributed by atoms with van der Waals surface area (Å²) in [6.45, 7) is 7.97. The number of aryl methyl sites for hydroxylation is 1. The van der Waals surface area contributed by atoms with Crippen molar-refractivity contribution in [1.29, 1.82) is 0 Å². The van der Waals surface area contributed by atoms with E-state index in [1.54, 1.807) is 0 Å². The summed E-state index contributed by atoms with van der Waals surface area (Å²) in [6.07, 6.45) is -0.446. The van der Waals surface area contributed by atoms with Gasteiger partial charge in [0.1, 0.15) is 0 Å². The molecule has 0 aliphatic rings. The van der Waals surface area contributed by atoms with Crippen LogP contribution in [0.4, 0.5) is 0 Å². The van der Waals surface area contributed by atoms with Gasteiger partial charge in [-0.25, -0.2) is 0 Å². The second kappa shape index (κ2) is 7.39. The van der Waals surface area contributed by atoms with Crippen molar-refractivity contribution in [3.63, 3.8) is 0 Å². The molecule has 2 nitrogen and oxygen atoms in total. The lowest BCUT2D eigenvalue weighted by Crippen LogP contribution is -2.34. The average molecular weight is 283 g/mol. The fourth-order valence-electron chi connectivity index (χ4n) is 2.51. The van der Waals surface area contributed by atoms with Gasteiger partial charge < -0.3 is 5.11 Å². The largest absolute Gasteiger partial charge is 0.387 e. The van der Waals surface area contributed by atoms with E-state index in [-0.39, 0.29) is 0 Å². The molecule has 0 bridgehead atoms. The molecule has 1 N–H and O–H groups in total. The molecule has 0 unspecified atom stereocenters. The van der Waals surface area contributed by atoms with E-state index in [0.29, 0.717) is 12.6 Å². The summed E-state index contributed by atoms with van der Waals surface area (Å²) < 4.78 is 0. The first-order valence-electron chi connectivity index (χ1n) is 7.59. The lowest BCUT2D eigenvalue weighted by molar-refractivity contribution is 0.0908. The lowest BCUT2D eigenvalue weighted by atomic mass is 10.1. The normalized spacial score (nSPS) is 12.9. The van der Waals surface area contributed by atoms with Gasteiger partial charge in [0.15, 0.2) is 0 Å². The molecular weight excluding hydrogens is 258 g/mol. The highest BCUT2D eigenvalue weighted by molar-refractivity contribution is 5.22. The molecule has 2 heteroatoms. The number of rotatable bonds is 6. The Balaban J connectivity index is 2.06. The highest BCUT2D eigenvalue weighted by atomic mass is 16.3. The van der Waals surface area contributed by atoms with Crippen molar-refractivity contribution < 1.29 is 5.11 Å². The van der Waals surface area contributed by atoms with Gasteiger partial charge in [0, 0.05) is 19.1 Å². The van der Waals surface area contributed by atoms with E-state index in [4.69, 9.17) is 0 Å². The number of nitrogens with zero attached hydrogens (tertiary/aromatic N) is 1. The Hall–Kier alpha value is -1.64. The van der Waals surface area contributed by atoms with Gasteiger partial charge in [-0.2, -0.15) is 0 Å². The van der Waals surface area contributed by atoms with Crippen LogP contribution in [0, 0.1) is 6.92 Å². The summed E-state index contributed by atoms with van der Waals surface area (Å²) in [5, 5.41) is 10.4. The summed E-state index contributed by atoms with van der Waals surface area (Å²) in [7, 11) is 0. The molecule has 2 aromatic carbocycles. The van der Waals surface area contributed by atoms with Gasteiger partial charge >= 0.3 is 0 Å². The van der Waals surface area contributed by atoms with E-state index in [0.717, 1.165) is 12.1 Å². The van der Waals surface area contributed by atoms with Crippen LogP contribution < -0.4 is 0 Å². The van der Waals surface area contributed by atoms with Gasteiger partial charge in [-0.15, -0.1) is 0 Å². The number of aliphatic hydroxyl groups is 1. The highest BCUT2D eigenvalue weighted by Crippen LogP contribution is 2.17. The van der Waals surface area contributed by atoms with Gasteiger partial charge in [-0.3, -0.25) is 4.90 Å². The third-order valence-corrected chi connectivity index (χ3v) is 3.79. The van der Waals surface area contributed by atoms with Gasteiger partial charge in [0.05, 0.1) is 6.10 Å². The van der Waals surface area contributed by atoms with Crippen LogP contribution in [0.25, 0.3) is 0 Å². The molecule has 0 aromatic heterocycles. The number of hydrogen-bond donors (Lipinski definition) is 1. The van der Waals surface area contributed by atoms with Crippen molar-refractivity contribution in [3.8, 4) is 0 Å². The Labute approximate surface area is 128 Å². The standard InChI is InChI=1S/C19H25NO/c1-15(2)20(13-17-9-7-8-16(3)12-17)14-19(21)18-10-5-4-6-11-18/h4-12,15,19,21H,13-14H2,1-3H3/t19-/m0/s1. The SMILES string of the molecule is Cc1cccc(CN(C[C@H](O)c2ccccc2)C(C)C)c1. The number of hydrogen-bond acceptors (Lipinski definition) is 2. The molecule has 0 radical (unpaired) electrons. The Morgan fingerprint density at radius 3 is 2.33 bits per heavy atom. The summed E-state index contributed by atoms with van der Waals surface area (Å²) >= 11 is 0. The molecule has 112 valence electrons. The number of benzene rings is 2. The monoisotopic (exact) mass is 283 g/mol. The minimum absolute atomic E-state index is 0.392. The fourth-order valence-corrected chi connectivity index (χ4v) is 2.51.